The number of sulfonamides is 1. The lowest BCUT2D eigenvalue weighted by atomic mass is 10.0. The average molecular weight is 477 g/mol. The molecule has 0 aliphatic rings. The Balaban J connectivity index is 2.00. The highest BCUT2D eigenvalue weighted by atomic mass is 35.5. The second-order valence-electron chi connectivity index (χ2n) is 7.22. The summed E-state index contributed by atoms with van der Waals surface area (Å²) in [5.41, 5.74) is -0.199. The second-order valence-corrected chi connectivity index (χ2v) is 9.53. The van der Waals surface area contributed by atoms with E-state index in [4.69, 9.17) is 11.6 Å². The standard InChI is InChI=1S/C21H24ClF3N2O3S/c1-15(16-7-4-3-5-8-16)14-26-20(28)9-6-12-27(31(2,29)30)19-13-17(21(23,24)25)10-11-18(19)22/h3-5,7-8,10-11,13,15H,6,9,12,14H2,1-2H3,(H,26,28)/t15-/m1/s1. The van der Waals surface area contributed by atoms with Crippen LogP contribution in [0.15, 0.2) is 48.5 Å². The van der Waals surface area contributed by atoms with E-state index in [0.717, 1.165) is 28.3 Å². The number of amides is 1. The molecule has 5 nitrogen and oxygen atoms in total. The molecule has 0 heterocycles. The molecule has 1 amide bonds. The first-order valence-corrected chi connectivity index (χ1v) is 11.8. The lowest BCUT2D eigenvalue weighted by Gasteiger charge is -2.24. The van der Waals surface area contributed by atoms with E-state index < -0.39 is 21.8 Å². The maximum Gasteiger partial charge on any atom is 0.416 e. The van der Waals surface area contributed by atoms with Crippen LogP contribution < -0.4 is 9.62 Å². The lowest BCUT2D eigenvalue weighted by Crippen LogP contribution is -2.33. The smallest absolute Gasteiger partial charge is 0.356 e. The minimum absolute atomic E-state index is 0.0180. The Bertz CT molecular complexity index is 999. The van der Waals surface area contributed by atoms with E-state index in [9.17, 15) is 26.4 Å². The van der Waals surface area contributed by atoms with Crippen LogP contribution >= 0.6 is 11.6 Å². The molecular formula is C21H24ClF3N2O3S. The van der Waals surface area contributed by atoms with Crippen LogP contribution in [0.1, 0.15) is 36.8 Å². The van der Waals surface area contributed by atoms with E-state index in [-0.39, 0.29) is 41.9 Å². The molecule has 0 radical (unpaired) electrons. The fourth-order valence-electron chi connectivity index (χ4n) is 2.98. The van der Waals surface area contributed by atoms with Crippen molar-refractivity contribution in [2.24, 2.45) is 0 Å². The molecule has 0 aliphatic carbocycles. The fraction of sp³-hybridized carbons (Fsp3) is 0.381. The van der Waals surface area contributed by atoms with E-state index in [1.807, 2.05) is 37.3 Å². The molecule has 0 saturated heterocycles. The van der Waals surface area contributed by atoms with Crippen LogP contribution in [0.3, 0.4) is 0 Å². The van der Waals surface area contributed by atoms with Crippen LogP contribution in [0.5, 0.6) is 0 Å². The van der Waals surface area contributed by atoms with Crippen molar-refractivity contribution in [1.29, 1.82) is 0 Å². The maximum atomic E-state index is 13.0. The molecule has 0 aliphatic heterocycles. The zero-order valence-corrected chi connectivity index (χ0v) is 18.7. The van der Waals surface area contributed by atoms with Gasteiger partial charge in [-0.25, -0.2) is 8.42 Å². The van der Waals surface area contributed by atoms with E-state index in [2.05, 4.69) is 5.32 Å². The topological polar surface area (TPSA) is 66.5 Å². The van der Waals surface area contributed by atoms with Crippen molar-refractivity contribution in [1.82, 2.24) is 5.32 Å². The van der Waals surface area contributed by atoms with Gasteiger partial charge in [0.25, 0.3) is 0 Å². The third-order valence-corrected chi connectivity index (χ3v) is 6.18. The molecule has 0 aromatic heterocycles. The Kier molecular flexibility index (Phi) is 8.36. The summed E-state index contributed by atoms with van der Waals surface area (Å²) in [6.07, 6.45) is -3.63. The minimum Gasteiger partial charge on any atom is -0.356 e. The third kappa shape index (κ3) is 7.43. The van der Waals surface area contributed by atoms with Crippen LogP contribution in [0.25, 0.3) is 0 Å². The number of alkyl halides is 3. The van der Waals surface area contributed by atoms with Crippen molar-refractivity contribution < 1.29 is 26.4 Å². The molecule has 31 heavy (non-hydrogen) atoms. The van der Waals surface area contributed by atoms with Gasteiger partial charge >= 0.3 is 6.18 Å². The van der Waals surface area contributed by atoms with E-state index in [1.54, 1.807) is 0 Å². The largest absolute Gasteiger partial charge is 0.416 e. The van der Waals surface area contributed by atoms with Crippen LogP contribution in [0.4, 0.5) is 18.9 Å². The predicted octanol–water partition coefficient (Wildman–Crippen LogP) is 4.82. The minimum atomic E-state index is -4.64. The van der Waals surface area contributed by atoms with Crippen molar-refractivity contribution in [3.05, 3.63) is 64.7 Å². The van der Waals surface area contributed by atoms with Crippen molar-refractivity contribution in [3.63, 3.8) is 0 Å². The van der Waals surface area contributed by atoms with Crippen molar-refractivity contribution in [2.45, 2.75) is 31.9 Å². The van der Waals surface area contributed by atoms with Gasteiger partial charge in [-0.15, -0.1) is 0 Å². The van der Waals surface area contributed by atoms with Crippen molar-refractivity contribution in [3.8, 4) is 0 Å². The van der Waals surface area contributed by atoms with Gasteiger partial charge in [0.15, 0.2) is 0 Å². The number of carbonyl (C=O) groups is 1. The lowest BCUT2D eigenvalue weighted by molar-refractivity contribution is -0.137. The summed E-state index contributed by atoms with van der Waals surface area (Å²) in [4.78, 5) is 12.1. The van der Waals surface area contributed by atoms with Crippen LogP contribution in [0, 0.1) is 0 Å². The zero-order chi connectivity index (χ0) is 23.2. The van der Waals surface area contributed by atoms with Crippen LogP contribution in [0.2, 0.25) is 5.02 Å². The summed E-state index contributed by atoms with van der Waals surface area (Å²) in [7, 11) is -3.91. The molecule has 1 atom stereocenters. The molecule has 0 bridgehead atoms. The highest BCUT2D eigenvalue weighted by molar-refractivity contribution is 7.92. The van der Waals surface area contributed by atoms with Crippen LogP contribution in [-0.2, 0) is 21.0 Å². The number of nitrogens with zero attached hydrogens (tertiary/aromatic N) is 1. The number of halogens is 4. The molecule has 10 heteroatoms. The van der Waals surface area contributed by atoms with E-state index in [0.29, 0.717) is 12.6 Å². The fourth-order valence-corrected chi connectivity index (χ4v) is 4.22. The molecule has 2 aromatic rings. The number of carbonyl (C=O) groups excluding carboxylic acids is 1. The molecule has 170 valence electrons. The average Bonchev–Trinajstić information content (AvgIpc) is 2.69. The Morgan fingerprint density at radius 1 is 1.16 bits per heavy atom. The molecule has 0 fully saturated rings. The predicted molar refractivity (Wildman–Crippen MR) is 116 cm³/mol. The Morgan fingerprint density at radius 3 is 2.39 bits per heavy atom. The van der Waals surface area contributed by atoms with Crippen LogP contribution in [-0.4, -0.2) is 33.7 Å². The number of hydrogen-bond donors (Lipinski definition) is 1. The number of hydrogen-bond acceptors (Lipinski definition) is 3. The van der Waals surface area contributed by atoms with E-state index in [1.165, 1.54) is 0 Å². The second kappa shape index (κ2) is 10.4. The Hall–Kier alpha value is -2.26. The molecule has 2 aromatic carbocycles. The third-order valence-electron chi connectivity index (χ3n) is 4.68. The Morgan fingerprint density at radius 2 is 1.81 bits per heavy atom. The molecule has 0 saturated carbocycles. The van der Waals surface area contributed by atoms with Gasteiger partial charge < -0.3 is 5.32 Å². The van der Waals surface area contributed by atoms with Crippen molar-refractivity contribution in [2.75, 3.05) is 23.7 Å². The monoisotopic (exact) mass is 476 g/mol. The zero-order valence-electron chi connectivity index (χ0n) is 17.1. The van der Waals surface area contributed by atoms with Crippen molar-refractivity contribution >= 4 is 33.2 Å². The van der Waals surface area contributed by atoms with Gasteiger partial charge in [0.1, 0.15) is 0 Å². The molecular weight excluding hydrogens is 453 g/mol. The summed E-state index contributed by atoms with van der Waals surface area (Å²) >= 11 is 5.98. The quantitative estimate of drug-likeness (QED) is 0.564. The highest BCUT2D eigenvalue weighted by Gasteiger charge is 2.32. The molecule has 0 unspecified atom stereocenters. The molecule has 1 N–H and O–H groups in total. The highest BCUT2D eigenvalue weighted by Crippen LogP contribution is 2.36. The summed E-state index contributed by atoms with van der Waals surface area (Å²) in [5, 5.41) is 2.67. The molecule has 2 rings (SSSR count). The van der Waals surface area contributed by atoms with Gasteiger partial charge in [0.2, 0.25) is 15.9 Å². The first kappa shape index (κ1) is 25.0. The van der Waals surface area contributed by atoms with E-state index >= 15 is 0 Å². The first-order chi connectivity index (χ1) is 14.4. The van der Waals surface area contributed by atoms with Gasteiger partial charge in [0.05, 0.1) is 22.5 Å². The Labute approximate surface area is 185 Å². The van der Waals surface area contributed by atoms with Gasteiger partial charge in [-0.05, 0) is 36.1 Å². The summed E-state index contributed by atoms with van der Waals surface area (Å²) in [5.74, 6) is -0.173. The van der Waals surface area contributed by atoms with Gasteiger partial charge in [-0.3, -0.25) is 9.10 Å². The number of anilines is 1. The first-order valence-electron chi connectivity index (χ1n) is 9.55. The summed E-state index contributed by atoms with van der Waals surface area (Å²) in [6.45, 7) is 2.20. The van der Waals surface area contributed by atoms with Gasteiger partial charge in [-0.1, -0.05) is 48.9 Å². The number of rotatable bonds is 9. The van der Waals surface area contributed by atoms with Gasteiger partial charge in [0, 0.05) is 19.5 Å². The SMILES string of the molecule is C[C@H](CNC(=O)CCCN(c1cc(C(F)(F)F)ccc1Cl)S(C)(=O)=O)c1ccccc1. The maximum absolute atomic E-state index is 13.0. The van der Waals surface area contributed by atoms with Gasteiger partial charge in [-0.2, -0.15) is 13.2 Å². The normalized spacial score (nSPS) is 13.0. The number of nitrogens with one attached hydrogen (secondary N) is 1. The summed E-state index contributed by atoms with van der Waals surface area (Å²) in [6, 6.07) is 12.1. The molecule has 0 spiro atoms. The summed E-state index contributed by atoms with van der Waals surface area (Å²) < 4.78 is 64.2. The number of benzene rings is 2.